The van der Waals surface area contributed by atoms with Crippen molar-refractivity contribution in [3.8, 4) is 11.5 Å². The minimum atomic E-state index is -0.331. The topological polar surface area (TPSA) is 85.4 Å². The molecule has 0 saturated carbocycles. The summed E-state index contributed by atoms with van der Waals surface area (Å²) in [5, 5.41) is 6.99. The number of nitrogens with zero attached hydrogens (tertiary/aromatic N) is 2. The molecule has 4 aromatic rings. The summed E-state index contributed by atoms with van der Waals surface area (Å²) in [6.07, 6.45) is 0.455. The molecule has 0 aliphatic rings. The number of ether oxygens (including phenoxy) is 2. The van der Waals surface area contributed by atoms with Crippen LogP contribution in [0.1, 0.15) is 20.9 Å². The predicted molar refractivity (Wildman–Crippen MR) is 139 cm³/mol. The van der Waals surface area contributed by atoms with E-state index < -0.39 is 0 Å². The first-order chi connectivity index (χ1) is 16.5. The van der Waals surface area contributed by atoms with Crippen molar-refractivity contribution in [2.75, 3.05) is 24.9 Å². The largest absolute Gasteiger partial charge is 0.497 e. The third-order valence-corrected chi connectivity index (χ3v) is 6.59. The SMILES string of the molecule is COc1ccc(Cc2nc(Nc3cccc(Br)n3)sc2C(=O)Nc2c(Cl)cccc2OC)cc1. The second-order valence-electron chi connectivity index (χ2n) is 7.06. The first kappa shape index (κ1) is 24.0. The molecule has 0 atom stereocenters. The Morgan fingerprint density at radius 1 is 1.03 bits per heavy atom. The summed E-state index contributed by atoms with van der Waals surface area (Å²) in [4.78, 5) is 22.9. The Morgan fingerprint density at radius 3 is 2.50 bits per heavy atom. The molecule has 2 N–H and O–H groups in total. The number of methoxy groups -OCH3 is 2. The average Bonchev–Trinajstić information content (AvgIpc) is 3.22. The van der Waals surface area contributed by atoms with Gasteiger partial charge in [-0.05, 0) is 57.9 Å². The summed E-state index contributed by atoms with van der Waals surface area (Å²) in [5.41, 5.74) is 2.02. The van der Waals surface area contributed by atoms with Gasteiger partial charge in [0.05, 0.1) is 24.9 Å². The molecule has 0 fully saturated rings. The number of aromatic nitrogens is 2. The summed E-state index contributed by atoms with van der Waals surface area (Å²) in [5.74, 6) is 1.51. The van der Waals surface area contributed by atoms with E-state index in [2.05, 4.69) is 31.5 Å². The minimum Gasteiger partial charge on any atom is -0.497 e. The van der Waals surface area contributed by atoms with Crippen LogP contribution in [0.3, 0.4) is 0 Å². The summed E-state index contributed by atoms with van der Waals surface area (Å²) in [6, 6.07) is 18.3. The summed E-state index contributed by atoms with van der Waals surface area (Å²) in [6.45, 7) is 0. The van der Waals surface area contributed by atoms with Gasteiger partial charge in [0.25, 0.3) is 5.91 Å². The zero-order valence-electron chi connectivity index (χ0n) is 18.3. The molecular weight excluding hydrogens is 540 g/mol. The number of halogens is 2. The fourth-order valence-corrected chi connectivity index (χ4v) is 4.63. The third kappa shape index (κ3) is 5.67. The van der Waals surface area contributed by atoms with E-state index in [1.807, 2.05) is 42.5 Å². The van der Waals surface area contributed by atoms with Gasteiger partial charge in [0.1, 0.15) is 32.5 Å². The molecule has 10 heteroatoms. The van der Waals surface area contributed by atoms with Crippen LogP contribution in [0, 0.1) is 0 Å². The van der Waals surface area contributed by atoms with Gasteiger partial charge < -0.3 is 20.1 Å². The highest BCUT2D eigenvalue weighted by Gasteiger charge is 2.21. The van der Waals surface area contributed by atoms with Gasteiger partial charge in [-0.2, -0.15) is 0 Å². The van der Waals surface area contributed by atoms with Crippen LogP contribution in [0.4, 0.5) is 16.6 Å². The van der Waals surface area contributed by atoms with E-state index in [0.717, 1.165) is 11.3 Å². The van der Waals surface area contributed by atoms with E-state index in [1.165, 1.54) is 18.4 Å². The lowest BCUT2D eigenvalue weighted by Gasteiger charge is -2.11. The zero-order valence-corrected chi connectivity index (χ0v) is 21.4. The summed E-state index contributed by atoms with van der Waals surface area (Å²) < 4.78 is 11.3. The van der Waals surface area contributed by atoms with Crippen molar-refractivity contribution >= 4 is 61.4 Å². The summed E-state index contributed by atoms with van der Waals surface area (Å²) >= 11 is 10.9. The fraction of sp³-hybridized carbons (Fsp3) is 0.125. The van der Waals surface area contributed by atoms with Crippen molar-refractivity contribution in [2.24, 2.45) is 0 Å². The first-order valence-electron chi connectivity index (χ1n) is 10.1. The van der Waals surface area contributed by atoms with Gasteiger partial charge in [-0.15, -0.1) is 0 Å². The minimum absolute atomic E-state index is 0.331. The molecule has 0 spiro atoms. The maximum Gasteiger partial charge on any atom is 0.267 e. The molecule has 0 unspecified atom stereocenters. The molecule has 0 bridgehead atoms. The third-order valence-electron chi connectivity index (χ3n) is 4.82. The Bertz CT molecular complexity index is 1310. The number of benzene rings is 2. The summed E-state index contributed by atoms with van der Waals surface area (Å²) in [7, 11) is 3.14. The number of amides is 1. The molecule has 34 heavy (non-hydrogen) atoms. The van der Waals surface area contributed by atoms with Crippen LogP contribution in [0.2, 0.25) is 5.02 Å². The van der Waals surface area contributed by atoms with Gasteiger partial charge >= 0.3 is 0 Å². The maximum atomic E-state index is 13.3. The molecule has 0 aliphatic heterocycles. The number of rotatable bonds is 8. The normalized spacial score (nSPS) is 10.6. The monoisotopic (exact) mass is 558 g/mol. The van der Waals surface area contributed by atoms with Gasteiger partial charge in [-0.3, -0.25) is 4.79 Å². The number of hydrogen-bond donors (Lipinski definition) is 2. The number of carbonyl (C=O) groups excluding carboxylic acids is 1. The lowest BCUT2D eigenvalue weighted by molar-refractivity contribution is 0.102. The smallest absolute Gasteiger partial charge is 0.267 e. The van der Waals surface area contributed by atoms with Crippen molar-refractivity contribution < 1.29 is 14.3 Å². The molecule has 7 nitrogen and oxygen atoms in total. The average molecular weight is 560 g/mol. The second kappa shape index (κ2) is 10.9. The number of anilines is 3. The number of para-hydroxylation sites is 1. The zero-order chi connectivity index (χ0) is 24.1. The maximum absolute atomic E-state index is 13.3. The number of pyridine rings is 1. The number of carbonyl (C=O) groups is 1. The Balaban J connectivity index is 1.67. The van der Waals surface area contributed by atoms with Crippen LogP contribution in [0.25, 0.3) is 0 Å². The quantitative estimate of drug-likeness (QED) is 0.238. The number of nitrogens with one attached hydrogen (secondary N) is 2. The molecule has 1 amide bonds. The van der Waals surface area contributed by atoms with Crippen LogP contribution >= 0.6 is 38.9 Å². The van der Waals surface area contributed by atoms with Gasteiger partial charge in [0, 0.05) is 6.42 Å². The van der Waals surface area contributed by atoms with E-state index in [4.69, 9.17) is 26.1 Å². The van der Waals surface area contributed by atoms with Crippen LogP contribution in [-0.2, 0) is 6.42 Å². The predicted octanol–water partition coefficient (Wildman–Crippen LogP) is 6.56. The highest BCUT2D eigenvalue weighted by atomic mass is 79.9. The van der Waals surface area contributed by atoms with Crippen LogP contribution in [-0.4, -0.2) is 30.1 Å². The molecule has 2 aromatic carbocycles. The molecule has 2 heterocycles. The molecule has 174 valence electrons. The van der Waals surface area contributed by atoms with Gasteiger partial charge in [-0.1, -0.05) is 47.2 Å². The van der Waals surface area contributed by atoms with Gasteiger partial charge in [-0.25, -0.2) is 9.97 Å². The van der Waals surface area contributed by atoms with Gasteiger partial charge in [0.2, 0.25) is 0 Å². The van der Waals surface area contributed by atoms with Gasteiger partial charge in [0.15, 0.2) is 5.13 Å². The Hall–Kier alpha value is -3.14. The van der Waals surface area contributed by atoms with Crippen molar-refractivity contribution in [2.45, 2.75) is 6.42 Å². The number of hydrogen-bond acceptors (Lipinski definition) is 7. The molecule has 2 aromatic heterocycles. The first-order valence-corrected chi connectivity index (χ1v) is 12.1. The Labute approximate surface area is 214 Å². The van der Waals surface area contributed by atoms with Crippen molar-refractivity contribution in [1.29, 1.82) is 0 Å². The highest BCUT2D eigenvalue weighted by molar-refractivity contribution is 9.10. The molecule has 0 aliphatic carbocycles. The van der Waals surface area contributed by atoms with E-state index in [9.17, 15) is 4.79 Å². The van der Waals surface area contributed by atoms with Crippen LogP contribution in [0.15, 0.2) is 65.3 Å². The standard InChI is InChI=1S/C24H20BrClN4O3S/c1-32-15-11-9-14(10-12-15)13-17-22(23(31)30-21-16(26)5-3-6-18(21)33-2)34-24(27-17)29-20-8-4-7-19(25)28-20/h3-12H,13H2,1-2H3,(H,30,31)(H,27,28,29). The lowest BCUT2D eigenvalue weighted by atomic mass is 10.1. The van der Waals surface area contributed by atoms with Crippen LogP contribution in [0.5, 0.6) is 11.5 Å². The second-order valence-corrected chi connectivity index (χ2v) is 9.28. The Morgan fingerprint density at radius 2 is 1.79 bits per heavy atom. The molecular formula is C24H20BrClN4O3S. The van der Waals surface area contributed by atoms with Crippen molar-refractivity contribution in [1.82, 2.24) is 9.97 Å². The highest BCUT2D eigenvalue weighted by Crippen LogP contribution is 2.34. The van der Waals surface area contributed by atoms with E-state index in [0.29, 0.717) is 49.0 Å². The lowest BCUT2D eigenvalue weighted by Crippen LogP contribution is -2.14. The fourth-order valence-electron chi connectivity index (χ4n) is 3.19. The molecule has 0 saturated heterocycles. The van der Waals surface area contributed by atoms with E-state index >= 15 is 0 Å². The number of thiazole rings is 1. The van der Waals surface area contributed by atoms with Crippen LogP contribution < -0.4 is 20.1 Å². The Kier molecular flexibility index (Phi) is 7.66. The van der Waals surface area contributed by atoms with E-state index in [-0.39, 0.29) is 5.91 Å². The van der Waals surface area contributed by atoms with E-state index in [1.54, 1.807) is 25.3 Å². The molecule has 0 radical (unpaired) electrons. The van der Waals surface area contributed by atoms with Crippen molar-refractivity contribution in [3.63, 3.8) is 0 Å². The molecule has 4 rings (SSSR count). The van der Waals surface area contributed by atoms with Crippen molar-refractivity contribution in [3.05, 3.63) is 86.4 Å².